The van der Waals surface area contributed by atoms with Gasteiger partial charge >= 0.3 is 7.12 Å². The summed E-state index contributed by atoms with van der Waals surface area (Å²) in [5, 5.41) is 30.5. The molecule has 0 saturated carbocycles. The van der Waals surface area contributed by atoms with Crippen molar-refractivity contribution in [3.05, 3.63) is 66.6 Å². The molecule has 0 heterocycles. The van der Waals surface area contributed by atoms with E-state index < -0.39 is 24.5 Å². The highest BCUT2D eigenvalue weighted by Gasteiger charge is 2.25. The lowest BCUT2D eigenvalue weighted by Crippen LogP contribution is -2.34. The van der Waals surface area contributed by atoms with Crippen molar-refractivity contribution in [2.75, 3.05) is 11.9 Å². The van der Waals surface area contributed by atoms with Gasteiger partial charge in [0.2, 0.25) is 0 Å². The van der Waals surface area contributed by atoms with Crippen LogP contribution in [0.5, 0.6) is 0 Å². The number of aliphatic hydroxyl groups excluding tert-OH is 1. The predicted molar refractivity (Wildman–Crippen MR) is 90.7 cm³/mol. The van der Waals surface area contributed by atoms with Crippen molar-refractivity contribution >= 4 is 18.6 Å². The summed E-state index contributed by atoms with van der Waals surface area (Å²) in [5.74, 6) is -0.799. The molecule has 4 N–H and O–H groups in total. The zero-order chi connectivity index (χ0) is 16.8. The van der Waals surface area contributed by atoms with E-state index in [0.29, 0.717) is 0 Å². The van der Waals surface area contributed by atoms with Crippen LogP contribution in [0, 0.1) is 0 Å². The number of ketones is 1. The van der Waals surface area contributed by atoms with E-state index in [-0.39, 0.29) is 6.54 Å². The van der Waals surface area contributed by atoms with Crippen molar-refractivity contribution in [2.24, 2.45) is 0 Å². The summed E-state index contributed by atoms with van der Waals surface area (Å²) >= 11 is 0. The molecule has 1 unspecified atom stereocenters. The van der Waals surface area contributed by atoms with Crippen LogP contribution in [0.4, 0.5) is 5.69 Å². The minimum Gasteiger partial charge on any atom is -0.423 e. The van der Waals surface area contributed by atoms with Gasteiger partial charge in [-0.1, -0.05) is 49.0 Å². The van der Waals surface area contributed by atoms with E-state index in [0.717, 1.165) is 16.8 Å². The van der Waals surface area contributed by atoms with E-state index in [4.69, 9.17) is 10.0 Å². The van der Waals surface area contributed by atoms with Crippen LogP contribution in [-0.2, 0) is 4.79 Å². The van der Waals surface area contributed by atoms with E-state index in [2.05, 4.69) is 11.9 Å². The number of hydrogen-bond donors (Lipinski definition) is 4. The van der Waals surface area contributed by atoms with Gasteiger partial charge in [0.05, 0.1) is 0 Å². The molecule has 0 saturated heterocycles. The molecule has 5 nitrogen and oxygen atoms in total. The Balaban J connectivity index is 2.02. The van der Waals surface area contributed by atoms with Crippen molar-refractivity contribution in [3.63, 3.8) is 0 Å². The molecule has 0 aliphatic carbocycles. The van der Waals surface area contributed by atoms with E-state index in [1.165, 1.54) is 0 Å². The first-order chi connectivity index (χ1) is 11.0. The lowest BCUT2D eigenvalue weighted by atomic mass is 9.76. The summed E-state index contributed by atoms with van der Waals surface area (Å²) in [6.45, 7) is 3.19. The third-order valence-corrected chi connectivity index (χ3v) is 3.40. The first-order valence-electron chi connectivity index (χ1n) is 7.15. The summed E-state index contributed by atoms with van der Waals surface area (Å²) in [5.41, 5.74) is 2.38. The SMILES string of the molecule is C=C(B(O)O)C(=O)C(O)CNc1cccc(-c2ccccc2)c1. The summed E-state index contributed by atoms with van der Waals surface area (Å²) in [6, 6.07) is 17.4. The Labute approximate surface area is 135 Å². The number of rotatable bonds is 7. The quantitative estimate of drug-likeness (QED) is 0.457. The summed E-state index contributed by atoms with van der Waals surface area (Å²) in [6.07, 6.45) is -1.40. The molecule has 0 bridgehead atoms. The molecule has 6 heteroatoms. The standard InChI is InChI=1S/C17H18BNO4/c1-12(18(22)23)17(21)16(20)11-19-15-9-5-8-14(10-15)13-6-3-2-4-7-13/h2-10,16,19-20,22-23H,1,11H2. The second-order valence-corrected chi connectivity index (χ2v) is 5.11. The van der Waals surface area contributed by atoms with Gasteiger partial charge in [-0.3, -0.25) is 4.79 Å². The smallest absolute Gasteiger partial charge is 0.423 e. The van der Waals surface area contributed by atoms with E-state index in [9.17, 15) is 9.90 Å². The maximum atomic E-state index is 11.7. The van der Waals surface area contributed by atoms with Crippen molar-refractivity contribution < 1.29 is 19.9 Å². The predicted octanol–water partition coefficient (Wildman–Crippen LogP) is 1.26. The molecule has 0 spiro atoms. The number of carbonyl (C=O) groups is 1. The number of Topliss-reactive ketones (excluding diaryl/α,β-unsaturated/α-hetero) is 1. The van der Waals surface area contributed by atoms with Crippen molar-refractivity contribution in [1.82, 2.24) is 0 Å². The molecule has 0 aromatic heterocycles. The molecule has 0 radical (unpaired) electrons. The Hall–Kier alpha value is -2.41. The van der Waals surface area contributed by atoms with Gasteiger partial charge in [-0.05, 0) is 23.3 Å². The zero-order valence-corrected chi connectivity index (χ0v) is 12.5. The second kappa shape index (κ2) is 7.74. The Morgan fingerprint density at radius 3 is 2.39 bits per heavy atom. The Kier molecular flexibility index (Phi) is 5.70. The van der Waals surface area contributed by atoms with Crippen LogP contribution in [0.2, 0.25) is 0 Å². The number of nitrogens with one attached hydrogen (secondary N) is 1. The van der Waals surface area contributed by atoms with Gasteiger partial charge in [0.1, 0.15) is 6.10 Å². The monoisotopic (exact) mass is 311 g/mol. The molecular formula is C17H18BNO4. The van der Waals surface area contributed by atoms with Gasteiger partial charge in [0, 0.05) is 17.7 Å². The van der Waals surface area contributed by atoms with E-state index >= 15 is 0 Å². The molecular weight excluding hydrogens is 293 g/mol. The van der Waals surface area contributed by atoms with Crippen LogP contribution < -0.4 is 5.32 Å². The third kappa shape index (κ3) is 4.53. The van der Waals surface area contributed by atoms with Crippen LogP contribution in [-0.4, -0.2) is 40.7 Å². The molecule has 2 aromatic carbocycles. The normalized spacial score (nSPS) is 11.6. The molecule has 0 fully saturated rings. The van der Waals surface area contributed by atoms with E-state index in [1.807, 2.05) is 54.6 Å². The number of carbonyl (C=O) groups excluding carboxylic acids is 1. The molecule has 0 aliphatic heterocycles. The average molecular weight is 311 g/mol. The minimum absolute atomic E-state index is 0.0528. The van der Waals surface area contributed by atoms with Crippen molar-refractivity contribution in [1.29, 1.82) is 0 Å². The lowest BCUT2D eigenvalue weighted by Gasteiger charge is -2.14. The van der Waals surface area contributed by atoms with Gasteiger partial charge in [-0.25, -0.2) is 0 Å². The lowest BCUT2D eigenvalue weighted by molar-refractivity contribution is -0.122. The van der Waals surface area contributed by atoms with E-state index in [1.54, 1.807) is 0 Å². The number of aliphatic hydroxyl groups is 1. The van der Waals surface area contributed by atoms with Gasteiger partial charge in [-0.2, -0.15) is 0 Å². The summed E-state index contributed by atoms with van der Waals surface area (Å²) in [7, 11) is -1.96. The van der Waals surface area contributed by atoms with Crippen molar-refractivity contribution in [2.45, 2.75) is 6.10 Å². The van der Waals surface area contributed by atoms with Gasteiger partial charge in [-0.15, -0.1) is 0 Å². The molecule has 23 heavy (non-hydrogen) atoms. The average Bonchev–Trinajstić information content (AvgIpc) is 2.59. The highest BCUT2D eigenvalue weighted by molar-refractivity contribution is 6.58. The maximum Gasteiger partial charge on any atom is 0.491 e. The molecule has 2 aromatic rings. The van der Waals surface area contributed by atoms with Gasteiger partial charge in [0.25, 0.3) is 0 Å². The number of hydrogen-bond acceptors (Lipinski definition) is 5. The topological polar surface area (TPSA) is 89.8 Å². The van der Waals surface area contributed by atoms with Gasteiger partial charge < -0.3 is 20.5 Å². The Bertz CT molecular complexity index is 688. The summed E-state index contributed by atoms with van der Waals surface area (Å²) < 4.78 is 0. The van der Waals surface area contributed by atoms with Crippen LogP contribution in [0.15, 0.2) is 66.6 Å². The highest BCUT2D eigenvalue weighted by atomic mass is 16.4. The number of benzene rings is 2. The largest absolute Gasteiger partial charge is 0.491 e. The molecule has 2 rings (SSSR count). The Morgan fingerprint density at radius 1 is 1.09 bits per heavy atom. The first-order valence-corrected chi connectivity index (χ1v) is 7.15. The highest BCUT2D eigenvalue weighted by Crippen LogP contribution is 2.22. The van der Waals surface area contributed by atoms with Gasteiger partial charge in [0.15, 0.2) is 5.78 Å². The fourth-order valence-electron chi connectivity index (χ4n) is 2.09. The minimum atomic E-state index is -1.96. The fourth-order valence-corrected chi connectivity index (χ4v) is 2.09. The van der Waals surface area contributed by atoms with Crippen LogP contribution in [0.25, 0.3) is 11.1 Å². The molecule has 118 valence electrons. The fraction of sp³-hybridized carbons (Fsp3) is 0.118. The van der Waals surface area contributed by atoms with Crippen LogP contribution >= 0.6 is 0 Å². The third-order valence-electron chi connectivity index (χ3n) is 3.40. The zero-order valence-electron chi connectivity index (χ0n) is 12.5. The molecule has 1 atom stereocenters. The van der Waals surface area contributed by atoms with Crippen LogP contribution in [0.1, 0.15) is 0 Å². The molecule has 0 aliphatic rings. The Morgan fingerprint density at radius 2 is 1.74 bits per heavy atom. The van der Waals surface area contributed by atoms with Crippen LogP contribution in [0.3, 0.4) is 0 Å². The summed E-state index contributed by atoms with van der Waals surface area (Å²) in [4.78, 5) is 11.7. The maximum absolute atomic E-state index is 11.7. The number of anilines is 1. The van der Waals surface area contributed by atoms with Crippen molar-refractivity contribution in [3.8, 4) is 11.1 Å². The molecule has 0 amide bonds. The second-order valence-electron chi connectivity index (χ2n) is 5.11. The first kappa shape index (κ1) is 17.0.